The molecule has 0 spiro atoms. The zero-order valence-electron chi connectivity index (χ0n) is 22.6. The summed E-state index contributed by atoms with van der Waals surface area (Å²) in [5.41, 5.74) is 3.42. The molecule has 3 nitrogen and oxygen atoms in total. The molecule has 1 saturated carbocycles. The van der Waals surface area contributed by atoms with Gasteiger partial charge in [0, 0.05) is 0 Å². The van der Waals surface area contributed by atoms with E-state index in [0.717, 1.165) is 24.3 Å². The summed E-state index contributed by atoms with van der Waals surface area (Å²) in [6.45, 7) is 4.50. The predicted octanol–water partition coefficient (Wildman–Crippen LogP) is 9.53. The minimum absolute atomic E-state index is 0.347. The number of nitrogens with zero attached hydrogens (tertiary/aromatic N) is 1. The van der Waals surface area contributed by atoms with E-state index in [-0.39, 0.29) is 0 Å². The molecule has 2 aromatic rings. The van der Waals surface area contributed by atoms with Crippen LogP contribution in [-0.2, 0) is 6.42 Å². The van der Waals surface area contributed by atoms with E-state index >= 15 is 0 Å². The van der Waals surface area contributed by atoms with Gasteiger partial charge in [0.1, 0.15) is 11.8 Å². The molecule has 0 amide bonds. The van der Waals surface area contributed by atoms with Crippen LogP contribution in [0, 0.1) is 17.2 Å². The van der Waals surface area contributed by atoms with Crippen LogP contribution in [0.15, 0.2) is 42.5 Å². The minimum Gasteiger partial charge on any atom is -0.422 e. The van der Waals surface area contributed by atoms with Crippen molar-refractivity contribution < 1.29 is 9.53 Å². The average molecular weight is 488 g/mol. The molecule has 2 aromatic carbocycles. The average Bonchev–Trinajstić information content (AvgIpc) is 2.92. The van der Waals surface area contributed by atoms with Gasteiger partial charge in [0.2, 0.25) is 0 Å². The summed E-state index contributed by atoms with van der Waals surface area (Å²) in [5, 5.41) is 9.61. The first kappa shape index (κ1) is 28.0. The lowest BCUT2D eigenvalue weighted by molar-refractivity contribution is 0.0734. The molecule has 0 aliphatic heterocycles. The maximum Gasteiger partial charge on any atom is 0.343 e. The first-order chi connectivity index (χ1) is 17.6. The van der Waals surface area contributed by atoms with Gasteiger partial charge in [-0.2, -0.15) is 5.26 Å². The highest BCUT2D eigenvalue weighted by atomic mass is 16.5. The van der Waals surface area contributed by atoms with Gasteiger partial charge in [-0.1, -0.05) is 89.8 Å². The number of hydrogen-bond acceptors (Lipinski definition) is 3. The minimum atomic E-state index is -0.402. The molecule has 0 bridgehead atoms. The fourth-order valence-corrected chi connectivity index (χ4v) is 5.54. The van der Waals surface area contributed by atoms with E-state index in [2.05, 4.69) is 32.0 Å². The van der Waals surface area contributed by atoms with Crippen molar-refractivity contribution in [3.63, 3.8) is 0 Å². The van der Waals surface area contributed by atoms with Crippen molar-refractivity contribution in [1.82, 2.24) is 0 Å². The molecule has 1 aliphatic rings. The molecule has 0 atom stereocenters. The monoisotopic (exact) mass is 487 g/mol. The molecule has 1 fully saturated rings. The van der Waals surface area contributed by atoms with Gasteiger partial charge in [0.25, 0.3) is 0 Å². The van der Waals surface area contributed by atoms with Crippen molar-refractivity contribution in [3.05, 3.63) is 64.7 Å². The number of nitriles is 1. The van der Waals surface area contributed by atoms with Gasteiger partial charge in [0.15, 0.2) is 0 Å². The molecule has 0 heterocycles. The lowest BCUT2D eigenvalue weighted by atomic mass is 9.77. The van der Waals surface area contributed by atoms with E-state index in [0.29, 0.717) is 22.8 Å². The predicted molar refractivity (Wildman–Crippen MR) is 148 cm³/mol. The molecule has 36 heavy (non-hydrogen) atoms. The molecule has 0 radical (unpaired) electrons. The van der Waals surface area contributed by atoms with Crippen molar-refractivity contribution in [3.8, 4) is 11.8 Å². The summed E-state index contributed by atoms with van der Waals surface area (Å²) < 4.78 is 5.63. The van der Waals surface area contributed by atoms with E-state index in [1.165, 1.54) is 89.0 Å². The van der Waals surface area contributed by atoms with Crippen LogP contribution >= 0.6 is 0 Å². The Hall–Kier alpha value is -2.60. The quantitative estimate of drug-likeness (QED) is 0.151. The molecule has 0 saturated heterocycles. The lowest BCUT2D eigenvalue weighted by Crippen LogP contribution is -2.14. The molecule has 194 valence electrons. The van der Waals surface area contributed by atoms with Gasteiger partial charge in [0.05, 0.1) is 11.1 Å². The number of hydrogen-bond donors (Lipinski definition) is 0. The number of carbonyl (C=O) groups is 1. The summed E-state index contributed by atoms with van der Waals surface area (Å²) >= 11 is 0. The van der Waals surface area contributed by atoms with E-state index < -0.39 is 5.97 Å². The van der Waals surface area contributed by atoms with Crippen molar-refractivity contribution in [2.75, 3.05) is 0 Å². The van der Waals surface area contributed by atoms with Crippen molar-refractivity contribution in [2.45, 2.75) is 116 Å². The highest BCUT2D eigenvalue weighted by molar-refractivity contribution is 5.91. The van der Waals surface area contributed by atoms with Crippen LogP contribution in [-0.4, -0.2) is 5.97 Å². The molecule has 0 aromatic heterocycles. The fraction of sp³-hybridized carbons (Fsp3) is 0.576. The second kappa shape index (κ2) is 15.5. The Morgan fingerprint density at radius 2 is 1.53 bits per heavy atom. The van der Waals surface area contributed by atoms with E-state index in [4.69, 9.17) is 4.74 Å². The Kier molecular flexibility index (Phi) is 12.0. The van der Waals surface area contributed by atoms with Gasteiger partial charge >= 0.3 is 5.97 Å². The largest absolute Gasteiger partial charge is 0.422 e. The smallest absolute Gasteiger partial charge is 0.343 e. The summed E-state index contributed by atoms with van der Waals surface area (Å²) in [6, 6.07) is 15.8. The summed E-state index contributed by atoms with van der Waals surface area (Å²) in [5.74, 6) is 1.44. The van der Waals surface area contributed by atoms with Crippen molar-refractivity contribution in [2.24, 2.45) is 5.92 Å². The Balaban J connectivity index is 1.49. The zero-order valence-corrected chi connectivity index (χ0v) is 22.6. The Labute approximate surface area is 219 Å². The second-order valence-electron chi connectivity index (χ2n) is 10.7. The van der Waals surface area contributed by atoms with Gasteiger partial charge in [-0.3, -0.25) is 0 Å². The number of rotatable bonds is 14. The normalized spacial score (nSPS) is 17.5. The number of carbonyl (C=O) groups excluding carboxylic acids is 1. The highest BCUT2D eigenvalue weighted by Gasteiger charge is 2.22. The first-order valence-corrected chi connectivity index (χ1v) is 14.5. The van der Waals surface area contributed by atoms with Gasteiger partial charge in [-0.05, 0) is 85.8 Å². The SMILES string of the molecule is CCCCCCCCc1ccc(OC(=O)c2ccc(C3CCC(CCCCC)CC3)cc2)c(C#N)c1. The van der Waals surface area contributed by atoms with Crippen LogP contribution in [0.4, 0.5) is 0 Å². The summed E-state index contributed by atoms with van der Waals surface area (Å²) in [4.78, 5) is 12.8. The standard InChI is InChI=1S/C33H45NO2/c1-3-5-7-8-9-11-13-27-16-23-32(31(24-27)25-34)36-33(35)30-21-19-29(20-22-30)28-17-14-26(15-18-28)12-10-6-4-2/h16,19-24,26,28H,3-15,17-18H2,1-2H3. The van der Waals surface area contributed by atoms with Crippen molar-refractivity contribution in [1.29, 1.82) is 5.26 Å². The van der Waals surface area contributed by atoms with Crippen LogP contribution in [0.3, 0.4) is 0 Å². The third-order valence-electron chi connectivity index (χ3n) is 7.87. The first-order valence-electron chi connectivity index (χ1n) is 14.5. The lowest BCUT2D eigenvalue weighted by Gasteiger charge is -2.29. The van der Waals surface area contributed by atoms with Crippen LogP contribution in [0.2, 0.25) is 0 Å². The molecule has 1 aliphatic carbocycles. The maximum atomic E-state index is 12.8. The Bertz CT molecular complexity index is 964. The highest BCUT2D eigenvalue weighted by Crippen LogP contribution is 2.37. The van der Waals surface area contributed by atoms with Gasteiger partial charge in [-0.15, -0.1) is 0 Å². The number of esters is 1. The number of unbranched alkanes of at least 4 members (excludes halogenated alkanes) is 7. The summed E-state index contributed by atoms with van der Waals surface area (Å²) in [7, 11) is 0. The number of aryl methyl sites for hydroxylation is 1. The fourth-order valence-electron chi connectivity index (χ4n) is 5.54. The van der Waals surface area contributed by atoms with Crippen LogP contribution in [0.25, 0.3) is 0 Å². The molecule has 0 unspecified atom stereocenters. The van der Waals surface area contributed by atoms with Crippen LogP contribution in [0.1, 0.15) is 137 Å². The Morgan fingerprint density at radius 3 is 2.22 bits per heavy atom. The number of benzene rings is 2. The number of ether oxygens (including phenoxy) is 1. The van der Waals surface area contributed by atoms with Crippen LogP contribution < -0.4 is 4.74 Å². The van der Waals surface area contributed by atoms with Gasteiger partial charge in [-0.25, -0.2) is 4.79 Å². The second-order valence-corrected chi connectivity index (χ2v) is 10.7. The van der Waals surface area contributed by atoms with E-state index in [1.54, 1.807) is 6.07 Å². The van der Waals surface area contributed by atoms with Crippen molar-refractivity contribution >= 4 is 5.97 Å². The molecule has 0 N–H and O–H groups in total. The third-order valence-corrected chi connectivity index (χ3v) is 7.87. The van der Waals surface area contributed by atoms with Gasteiger partial charge < -0.3 is 4.74 Å². The Morgan fingerprint density at radius 1 is 0.861 bits per heavy atom. The third kappa shape index (κ3) is 8.81. The van der Waals surface area contributed by atoms with E-state index in [1.807, 2.05) is 24.3 Å². The van der Waals surface area contributed by atoms with Crippen LogP contribution in [0.5, 0.6) is 5.75 Å². The molecule has 3 heteroatoms. The molecule has 3 rings (SSSR count). The summed E-state index contributed by atoms with van der Waals surface area (Å²) in [6.07, 6.45) is 19.0. The van der Waals surface area contributed by atoms with E-state index in [9.17, 15) is 10.1 Å². The maximum absolute atomic E-state index is 12.8. The topological polar surface area (TPSA) is 50.1 Å². The molecular formula is C33H45NO2. The molecular weight excluding hydrogens is 442 g/mol. The zero-order chi connectivity index (χ0) is 25.6.